The van der Waals surface area contributed by atoms with E-state index in [0.29, 0.717) is 0 Å². The number of thiophene rings is 1. The van der Waals surface area contributed by atoms with Crippen LogP contribution >= 0.6 is 11.3 Å². The van der Waals surface area contributed by atoms with Gasteiger partial charge in [-0.3, -0.25) is 0 Å². The highest BCUT2D eigenvalue weighted by molar-refractivity contribution is 7.91. The minimum absolute atomic E-state index is 0.194. The zero-order chi connectivity index (χ0) is 16.2. The molecule has 0 saturated carbocycles. The van der Waals surface area contributed by atoms with E-state index in [1.54, 1.807) is 17.5 Å². The summed E-state index contributed by atoms with van der Waals surface area (Å²) in [6, 6.07) is 9.16. The van der Waals surface area contributed by atoms with Crippen molar-refractivity contribution in [1.82, 2.24) is 4.31 Å². The molecular weight excluding hydrogens is 325 g/mol. The lowest BCUT2D eigenvalue weighted by atomic mass is 10.2. The van der Waals surface area contributed by atoms with Crippen molar-refractivity contribution in [2.45, 2.75) is 4.21 Å². The van der Waals surface area contributed by atoms with Crippen LogP contribution in [0.1, 0.15) is 5.56 Å². The monoisotopic (exact) mass is 339 g/mol. The molecule has 22 heavy (non-hydrogen) atoms. The lowest BCUT2D eigenvalue weighted by Gasteiger charge is -2.17. The fraction of sp³-hybridized carbons (Fsp3) is 0.214. The van der Waals surface area contributed by atoms with Crippen molar-refractivity contribution in [2.24, 2.45) is 0 Å². The standard InChI is InChI=1S/C14H14FN3O2S2/c1-18(22(19,20)14-3-2-8-21-14)7-6-17-13-5-4-11(10-16)9-12(13)15/h2-5,8-9,17H,6-7H2,1H3. The number of nitriles is 1. The van der Waals surface area contributed by atoms with E-state index in [9.17, 15) is 12.8 Å². The number of nitrogens with one attached hydrogen (secondary N) is 1. The van der Waals surface area contributed by atoms with E-state index in [4.69, 9.17) is 5.26 Å². The number of sulfonamides is 1. The molecule has 0 fully saturated rings. The van der Waals surface area contributed by atoms with E-state index in [0.717, 1.165) is 17.4 Å². The Bertz CT molecular complexity index is 783. The molecule has 0 aliphatic rings. The third kappa shape index (κ3) is 3.62. The zero-order valence-electron chi connectivity index (χ0n) is 11.8. The largest absolute Gasteiger partial charge is 0.381 e. The van der Waals surface area contributed by atoms with Crippen LogP contribution in [0.4, 0.5) is 10.1 Å². The Kier molecular flexibility index (Phi) is 5.13. The van der Waals surface area contributed by atoms with Crippen LogP contribution in [0.15, 0.2) is 39.9 Å². The van der Waals surface area contributed by atoms with Crippen molar-refractivity contribution < 1.29 is 12.8 Å². The Morgan fingerprint density at radius 3 is 2.77 bits per heavy atom. The first kappa shape index (κ1) is 16.4. The maximum Gasteiger partial charge on any atom is 0.252 e. The Hall–Kier alpha value is -1.95. The maximum atomic E-state index is 13.7. The Labute approximate surface area is 132 Å². The molecule has 0 aliphatic heterocycles. The third-order valence-corrected chi connectivity index (χ3v) is 6.23. The lowest BCUT2D eigenvalue weighted by molar-refractivity contribution is 0.482. The summed E-state index contributed by atoms with van der Waals surface area (Å²) in [6.45, 7) is 0.448. The molecule has 1 aromatic carbocycles. The number of benzene rings is 1. The van der Waals surface area contributed by atoms with Crippen molar-refractivity contribution in [3.8, 4) is 6.07 Å². The second kappa shape index (κ2) is 6.87. The van der Waals surface area contributed by atoms with Crippen molar-refractivity contribution in [3.63, 3.8) is 0 Å². The highest BCUT2D eigenvalue weighted by Gasteiger charge is 2.21. The molecule has 2 aromatic rings. The molecule has 8 heteroatoms. The average Bonchev–Trinajstić information content (AvgIpc) is 3.03. The zero-order valence-corrected chi connectivity index (χ0v) is 13.4. The number of hydrogen-bond donors (Lipinski definition) is 1. The van der Waals surface area contributed by atoms with Gasteiger partial charge in [0.05, 0.1) is 17.3 Å². The van der Waals surface area contributed by atoms with Gasteiger partial charge in [0, 0.05) is 20.1 Å². The van der Waals surface area contributed by atoms with Gasteiger partial charge in [0.2, 0.25) is 0 Å². The van der Waals surface area contributed by atoms with E-state index in [1.165, 1.54) is 23.5 Å². The smallest absolute Gasteiger partial charge is 0.252 e. The Morgan fingerprint density at radius 2 is 2.18 bits per heavy atom. The van der Waals surface area contributed by atoms with Crippen LogP contribution in [0.25, 0.3) is 0 Å². The van der Waals surface area contributed by atoms with Gasteiger partial charge in [-0.2, -0.15) is 9.57 Å². The van der Waals surface area contributed by atoms with E-state index in [2.05, 4.69) is 5.32 Å². The normalized spacial score (nSPS) is 11.4. The summed E-state index contributed by atoms with van der Waals surface area (Å²) < 4.78 is 39.5. The molecule has 1 N–H and O–H groups in total. The van der Waals surface area contributed by atoms with Crippen LogP contribution in [0.3, 0.4) is 0 Å². The summed E-state index contributed by atoms with van der Waals surface area (Å²) in [6.07, 6.45) is 0. The van der Waals surface area contributed by atoms with Crippen molar-refractivity contribution in [3.05, 3.63) is 47.1 Å². The minimum Gasteiger partial charge on any atom is -0.381 e. The third-order valence-electron chi connectivity index (χ3n) is 3.00. The van der Waals surface area contributed by atoms with Crippen LogP contribution in [-0.2, 0) is 10.0 Å². The average molecular weight is 339 g/mol. The molecule has 0 amide bonds. The topological polar surface area (TPSA) is 73.2 Å². The minimum atomic E-state index is -3.50. The molecular formula is C14H14FN3O2S2. The predicted octanol–water partition coefficient (Wildman–Crippen LogP) is 2.49. The molecule has 2 rings (SSSR count). The molecule has 0 spiro atoms. The van der Waals surface area contributed by atoms with Gasteiger partial charge in [-0.1, -0.05) is 6.07 Å². The first-order valence-electron chi connectivity index (χ1n) is 6.38. The van der Waals surface area contributed by atoms with Crippen molar-refractivity contribution in [1.29, 1.82) is 5.26 Å². The van der Waals surface area contributed by atoms with E-state index >= 15 is 0 Å². The van der Waals surface area contributed by atoms with Crippen LogP contribution < -0.4 is 5.32 Å². The van der Waals surface area contributed by atoms with Crippen LogP contribution in [0.5, 0.6) is 0 Å². The second-order valence-electron chi connectivity index (χ2n) is 4.49. The SMILES string of the molecule is CN(CCNc1ccc(C#N)cc1F)S(=O)(=O)c1cccs1. The summed E-state index contributed by atoms with van der Waals surface area (Å²) in [5.74, 6) is -0.539. The molecule has 1 heterocycles. The molecule has 116 valence electrons. The van der Waals surface area contributed by atoms with Gasteiger partial charge in [0.15, 0.2) is 0 Å². The number of hydrogen-bond acceptors (Lipinski definition) is 5. The number of halogens is 1. The summed E-state index contributed by atoms with van der Waals surface area (Å²) in [4.78, 5) is 0. The molecule has 0 bridgehead atoms. The van der Waals surface area contributed by atoms with Gasteiger partial charge in [-0.15, -0.1) is 11.3 Å². The fourth-order valence-corrected chi connectivity index (χ4v) is 4.13. The molecule has 1 aromatic heterocycles. The van der Waals surface area contributed by atoms with Crippen LogP contribution in [0, 0.1) is 17.1 Å². The van der Waals surface area contributed by atoms with Gasteiger partial charge in [-0.05, 0) is 29.6 Å². The number of likely N-dealkylation sites (N-methyl/N-ethyl adjacent to an activating group) is 1. The van der Waals surface area contributed by atoms with Gasteiger partial charge in [-0.25, -0.2) is 12.8 Å². The number of anilines is 1. The number of rotatable bonds is 6. The summed E-state index contributed by atoms with van der Waals surface area (Å²) in [5.41, 5.74) is 0.473. The van der Waals surface area contributed by atoms with Crippen molar-refractivity contribution in [2.75, 3.05) is 25.5 Å². The van der Waals surface area contributed by atoms with Gasteiger partial charge < -0.3 is 5.32 Å². The number of nitrogens with zero attached hydrogens (tertiary/aromatic N) is 2. The Balaban J connectivity index is 1.95. The molecule has 5 nitrogen and oxygen atoms in total. The summed E-state index contributed by atoms with van der Waals surface area (Å²) >= 11 is 1.15. The highest BCUT2D eigenvalue weighted by Crippen LogP contribution is 2.20. The first-order chi connectivity index (χ1) is 10.4. The lowest BCUT2D eigenvalue weighted by Crippen LogP contribution is -2.31. The van der Waals surface area contributed by atoms with Crippen LogP contribution in [0.2, 0.25) is 0 Å². The Morgan fingerprint density at radius 1 is 1.41 bits per heavy atom. The fourth-order valence-electron chi connectivity index (χ4n) is 1.76. The van der Waals surface area contributed by atoms with Gasteiger partial charge >= 0.3 is 0 Å². The van der Waals surface area contributed by atoms with E-state index in [1.807, 2.05) is 6.07 Å². The van der Waals surface area contributed by atoms with E-state index < -0.39 is 15.8 Å². The van der Waals surface area contributed by atoms with Crippen molar-refractivity contribution >= 4 is 27.0 Å². The first-order valence-corrected chi connectivity index (χ1v) is 8.70. The maximum absolute atomic E-state index is 13.7. The molecule has 0 saturated heterocycles. The van der Waals surface area contributed by atoms with Gasteiger partial charge in [0.1, 0.15) is 10.0 Å². The molecule has 0 aliphatic carbocycles. The van der Waals surface area contributed by atoms with E-state index in [-0.39, 0.29) is 28.5 Å². The second-order valence-corrected chi connectivity index (χ2v) is 7.71. The quantitative estimate of drug-likeness (QED) is 0.877. The summed E-state index contributed by atoms with van der Waals surface area (Å²) in [7, 11) is -2.02. The predicted molar refractivity (Wildman–Crippen MR) is 83.7 cm³/mol. The molecule has 0 atom stereocenters. The highest BCUT2D eigenvalue weighted by atomic mass is 32.2. The molecule has 0 unspecified atom stereocenters. The summed E-state index contributed by atoms with van der Waals surface area (Å²) in [5, 5.41) is 13.2. The molecule has 0 radical (unpaired) electrons. The van der Waals surface area contributed by atoms with Crippen LogP contribution in [-0.4, -0.2) is 32.9 Å². The van der Waals surface area contributed by atoms with Gasteiger partial charge in [0.25, 0.3) is 10.0 Å².